The van der Waals surface area contributed by atoms with Gasteiger partial charge in [0.05, 0.1) is 0 Å². The van der Waals surface area contributed by atoms with Crippen molar-refractivity contribution in [3.8, 4) is 0 Å². The van der Waals surface area contributed by atoms with Gasteiger partial charge in [0.2, 0.25) is 0 Å². The van der Waals surface area contributed by atoms with Crippen LogP contribution in [0.4, 0.5) is 0 Å². The second-order valence-corrected chi connectivity index (χ2v) is 2.86. The number of ether oxygens (including phenoxy) is 1. The summed E-state index contributed by atoms with van der Waals surface area (Å²) in [6.45, 7) is 10.1. The number of nitrogens with one attached hydrogen (secondary N) is 1. The van der Waals surface area contributed by atoms with Crippen LogP contribution in [0.15, 0.2) is 12.7 Å². The molecule has 0 aliphatic heterocycles. The van der Waals surface area contributed by atoms with Crippen LogP contribution in [0.25, 0.3) is 0 Å². The van der Waals surface area contributed by atoms with Gasteiger partial charge in [0.1, 0.15) is 0 Å². The third-order valence-electron chi connectivity index (χ3n) is 1.42. The molecule has 70 valence electrons. The Morgan fingerprint density at radius 3 is 2.58 bits per heavy atom. The summed E-state index contributed by atoms with van der Waals surface area (Å²) in [7, 11) is 0. The molecule has 0 rings (SSSR count). The highest BCUT2D eigenvalue weighted by Gasteiger charge is 2.14. The summed E-state index contributed by atoms with van der Waals surface area (Å²) in [5.74, 6) is -0.108. The van der Waals surface area contributed by atoms with Crippen LogP contribution in [-0.4, -0.2) is 18.7 Å². The van der Waals surface area contributed by atoms with Crippen molar-refractivity contribution in [1.29, 1.82) is 0 Å². The van der Waals surface area contributed by atoms with Crippen LogP contribution in [0.5, 0.6) is 0 Å². The molecule has 0 aliphatic carbocycles. The summed E-state index contributed by atoms with van der Waals surface area (Å²) < 4.78 is 5.03. The van der Waals surface area contributed by atoms with E-state index < -0.39 is 0 Å². The quantitative estimate of drug-likeness (QED) is 0.385. The lowest BCUT2D eigenvalue weighted by molar-refractivity contribution is -0.147. The average molecular weight is 171 g/mol. The molecule has 3 nitrogen and oxygen atoms in total. The Hall–Kier alpha value is -0.830. The summed E-state index contributed by atoms with van der Waals surface area (Å²) in [6.07, 6.45) is 0.965. The second-order valence-electron chi connectivity index (χ2n) is 2.86. The Labute approximate surface area is 73.8 Å². The van der Waals surface area contributed by atoms with E-state index in [0.29, 0.717) is 0 Å². The van der Waals surface area contributed by atoms with Crippen LogP contribution < -0.4 is 5.32 Å². The minimum absolute atomic E-state index is 0.208. The van der Waals surface area contributed by atoms with E-state index in [1.54, 1.807) is 0 Å². The van der Waals surface area contributed by atoms with E-state index >= 15 is 0 Å². The number of carbonyl (C=O) groups is 1. The molecule has 0 radical (unpaired) electrons. The van der Waals surface area contributed by atoms with Crippen molar-refractivity contribution >= 4 is 5.97 Å². The monoisotopic (exact) mass is 171 g/mol. The first kappa shape index (κ1) is 11.2. The van der Waals surface area contributed by atoms with Crippen molar-refractivity contribution in [2.24, 2.45) is 5.92 Å². The molecule has 0 amide bonds. The van der Waals surface area contributed by atoms with Gasteiger partial charge in [-0.3, -0.25) is 5.32 Å². The van der Waals surface area contributed by atoms with E-state index in [0.717, 1.165) is 6.54 Å². The van der Waals surface area contributed by atoms with Crippen LogP contribution in [0.3, 0.4) is 0 Å². The Bertz CT molecular complexity index is 155. The average Bonchev–Trinajstić information content (AvgIpc) is 2.03. The van der Waals surface area contributed by atoms with Crippen LogP contribution in [0.2, 0.25) is 0 Å². The smallest absolute Gasteiger partial charge is 0.331 e. The van der Waals surface area contributed by atoms with E-state index in [4.69, 9.17) is 4.74 Å². The highest BCUT2D eigenvalue weighted by molar-refractivity contribution is 5.81. The minimum atomic E-state index is -0.380. The third-order valence-corrected chi connectivity index (χ3v) is 1.42. The first-order chi connectivity index (χ1) is 5.61. The molecule has 0 saturated heterocycles. The normalized spacial score (nSPS) is 12.7. The van der Waals surface area contributed by atoms with E-state index in [2.05, 4.69) is 11.9 Å². The molecule has 1 atom stereocenters. The Morgan fingerprint density at radius 2 is 2.25 bits per heavy atom. The third kappa shape index (κ3) is 4.13. The highest BCUT2D eigenvalue weighted by Crippen LogP contribution is 2.03. The van der Waals surface area contributed by atoms with Crippen LogP contribution in [0, 0.1) is 5.92 Å². The second kappa shape index (κ2) is 5.77. The Balaban J connectivity index is 3.94. The summed E-state index contributed by atoms with van der Waals surface area (Å²) in [6, 6.07) is 0. The van der Waals surface area contributed by atoms with Crippen molar-refractivity contribution < 1.29 is 9.53 Å². The predicted octanol–water partition coefficient (Wildman–Crippen LogP) is 1.31. The first-order valence-corrected chi connectivity index (χ1v) is 4.18. The largest absolute Gasteiger partial charge is 0.443 e. The van der Waals surface area contributed by atoms with Crippen LogP contribution in [-0.2, 0) is 9.53 Å². The van der Waals surface area contributed by atoms with Gasteiger partial charge >= 0.3 is 5.97 Å². The van der Waals surface area contributed by atoms with E-state index in [-0.39, 0.29) is 18.1 Å². The van der Waals surface area contributed by atoms with Crippen molar-refractivity contribution in [3.05, 3.63) is 12.7 Å². The molecule has 12 heavy (non-hydrogen) atoms. The zero-order valence-corrected chi connectivity index (χ0v) is 7.96. The molecular formula is C9H17NO2. The fourth-order valence-corrected chi connectivity index (χ4v) is 0.788. The van der Waals surface area contributed by atoms with E-state index in [1.165, 1.54) is 6.08 Å². The topological polar surface area (TPSA) is 38.3 Å². The fraction of sp³-hybridized carbons (Fsp3) is 0.667. The summed E-state index contributed by atoms with van der Waals surface area (Å²) >= 11 is 0. The van der Waals surface area contributed by atoms with Crippen LogP contribution in [0.1, 0.15) is 20.8 Å². The Kier molecular flexibility index (Phi) is 5.37. The molecule has 0 aromatic carbocycles. The van der Waals surface area contributed by atoms with Gasteiger partial charge in [-0.05, 0) is 6.54 Å². The van der Waals surface area contributed by atoms with Gasteiger partial charge in [-0.1, -0.05) is 27.4 Å². The number of rotatable bonds is 5. The lowest BCUT2D eigenvalue weighted by Gasteiger charge is -2.20. The molecule has 0 fully saturated rings. The molecule has 0 aromatic rings. The van der Waals surface area contributed by atoms with Crippen LogP contribution >= 0.6 is 0 Å². The molecule has 3 heteroatoms. The summed E-state index contributed by atoms with van der Waals surface area (Å²) in [5, 5.41) is 3.06. The van der Waals surface area contributed by atoms with Gasteiger partial charge in [0.25, 0.3) is 0 Å². The Morgan fingerprint density at radius 1 is 1.67 bits per heavy atom. The molecule has 0 aromatic heterocycles. The standard InChI is InChI=1S/C9H17NO2/c1-5-8(11)12-9(7(3)4)10-6-2/h5,7,9-10H,1,6H2,2-4H3. The lowest BCUT2D eigenvalue weighted by Crippen LogP contribution is -2.37. The van der Waals surface area contributed by atoms with Gasteiger partial charge in [0.15, 0.2) is 6.23 Å². The number of hydrogen-bond acceptors (Lipinski definition) is 3. The maximum Gasteiger partial charge on any atom is 0.331 e. The molecule has 1 N–H and O–H groups in total. The van der Waals surface area contributed by atoms with Crippen molar-refractivity contribution in [2.75, 3.05) is 6.54 Å². The number of esters is 1. The predicted molar refractivity (Wildman–Crippen MR) is 48.6 cm³/mol. The fourth-order valence-electron chi connectivity index (χ4n) is 0.788. The molecule has 1 unspecified atom stereocenters. The maximum atomic E-state index is 10.8. The first-order valence-electron chi connectivity index (χ1n) is 4.18. The summed E-state index contributed by atoms with van der Waals surface area (Å²) in [4.78, 5) is 10.8. The molecule has 0 saturated carbocycles. The highest BCUT2D eigenvalue weighted by atomic mass is 16.6. The lowest BCUT2D eigenvalue weighted by atomic mass is 10.2. The van der Waals surface area contributed by atoms with Crippen molar-refractivity contribution in [3.63, 3.8) is 0 Å². The molecule has 0 heterocycles. The zero-order valence-electron chi connectivity index (χ0n) is 7.96. The van der Waals surface area contributed by atoms with Gasteiger partial charge in [-0.25, -0.2) is 4.79 Å². The number of carbonyl (C=O) groups excluding carboxylic acids is 1. The van der Waals surface area contributed by atoms with Gasteiger partial charge in [0, 0.05) is 12.0 Å². The van der Waals surface area contributed by atoms with Gasteiger partial charge in [-0.2, -0.15) is 0 Å². The molecular weight excluding hydrogens is 154 g/mol. The maximum absolute atomic E-state index is 10.8. The van der Waals surface area contributed by atoms with Crippen molar-refractivity contribution in [2.45, 2.75) is 27.0 Å². The molecule has 0 aliphatic rings. The van der Waals surface area contributed by atoms with E-state index in [1.807, 2.05) is 20.8 Å². The summed E-state index contributed by atoms with van der Waals surface area (Å²) in [5.41, 5.74) is 0. The minimum Gasteiger partial charge on any atom is -0.443 e. The number of hydrogen-bond donors (Lipinski definition) is 1. The molecule has 0 spiro atoms. The zero-order chi connectivity index (χ0) is 9.56. The van der Waals surface area contributed by atoms with Gasteiger partial charge < -0.3 is 4.74 Å². The van der Waals surface area contributed by atoms with E-state index in [9.17, 15) is 4.79 Å². The molecule has 0 bridgehead atoms. The van der Waals surface area contributed by atoms with Gasteiger partial charge in [-0.15, -0.1) is 0 Å². The SMILES string of the molecule is C=CC(=O)OC(NCC)C(C)C. The van der Waals surface area contributed by atoms with Crippen molar-refractivity contribution in [1.82, 2.24) is 5.32 Å².